The topological polar surface area (TPSA) is 253 Å². The summed E-state index contributed by atoms with van der Waals surface area (Å²) in [5.41, 5.74) is 0. The molecule has 134 valence electrons. The van der Waals surface area contributed by atoms with Crippen LogP contribution in [-0.2, 0) is 42.9 Å². The van der Waals surface area contributed by atoms with E-state index in [1.54, 1.807) is 0 Å². The number of hydrogen-bond donors (Lipinski definition) is 6. The van der Waals surface area contributed by atoms with E-state index >= 15 is 0 Å². The Kier molecular flexibility index (Phi) is 8.37. The van der Waals surface area contributed by atoms with Crippen LogP contribution in [0.5, 0.6) is 0 Å². The van der Waals surface area contributed by atoms with Gasteiger partial charge in [0.05, 0.1) is 0 Å². The summed E-state index contributed by atoms with van der Waals surface area (Å²) in [5.74, 6) is 0. The molecule has 0 amide bonds. The molecule has 6 N–H and O–H groups in total. The number of rotatable bonds is 9. The average molecular weight is 541 g/mol. The molecule has 0 fully saturated rings. The standard InChI is InChI=1S/H7O16P5.Sb.2H/c1-17(2,3)13-19(7,8)15-21(11,12)16-20(9,10)14-18(4,5)6;;;/h(H,7,8)(H,9,10)(H,11,12)(H2,1,2,3)(H2,4,5,6);;;/q;+1;;/p-1. The van der Waals surface area contributed by atoms with Crippen LogP contribution in [0, 0.1) is 0 Å². The Morgan fingerprint density at radius 1 is 0.545 bits per heavy atom. The van der Waals surface area contributed by atoms with Crippen LogP contribution in [-0.4, -0.2) is 52.8 Å². The molecule has 0 radical (unpaired) electrons. The molecule has 0 aromatic rings. The minimum atomic E-state index is -6.01. The second-order valence-corrected chi connectivity index (χ2v) is 12.2. The van der Waals surface area contributed by atoms with E-state index in [2.05, 4.69) is 20.0 Å². The summed E-state index contributed by atoms with van der Waals surface area (Å²) in [4.78, 5) is 51.7. The molecule has 0 aliphatic rings. The molecule has 0 rings (SSSR count). The predicted octanol–water partition coefficient (Wildman–Crippen LogP) is -0.888. The van der Waals surface area contributed by atoms with Crippen LogP contribution in [0.15, 0.2) is 0 Å². The molecule has 0 spiro atoms. The predicted molar refractivity (Wildman–Crippen MR) is 65.3 cm³/mol. The van der Waals surface area contributed by atoms with Crippen LogP contribution >= 0.6 is 39.1 Å². The van der Waals surface area contributed by atoms with Crippen molar-refractivity contribution >= 4 is 62.6 Å². The van der Waals surface area contributed by atoms with Gasteiger partial charge in [-0.1, -0.05) is 0 Å². The van der Waals surface area contributed by atoms with Crippen molar-refractivity contribution in [2.45, 2.75) is 0 Å². The molecule has 16 nitrogen and oxygen atoms in total. The molecule has 0 saturated carbocycles. The molecule has 4 atom stereocenters. The quantitative estimate of drug-likeness (QED) is 0.153. The average Bonchev–Trinajstić information content (AvgIpc) is 2.06. The van der Waals surface area contributed by atoms with E-state index < -0.39 is 62.6 Å². The third-order valence-corrected chi connectivity index (χ3v) is 10.1. The molecular formula is H8O16P5Sb. The van der Waals surface area contributed by atoms with Gasteiger partial charge in [-0.2, -0.15) is 0 Å². The van der Waals surface area contributed by atoms with E-state index in [1.807, 2.05) is 0 Å². The summed E-state index contributed by atoms with van der Waals surface area (Å²) in [6.45, 7) is 0. The molecule has 0 heterocycles. The summed E-state index contributed by atoms with van der Waals surface area (Å²) in [7, 11) is -28.5. The van der Waals surface area contributed by atoms with Gasteiger partial charge in [0, 0.05) is 0 Å². The van der Waals surface area contributed by atoms with Crippen molar-refractivity contribution in [1.29, 1.82) is 0 Å². The van der Waals surface area contributed by atoms with Gasteiger partial charge in [-0.3, -0.25) is 0 Å². The SMILES string of the molecule is O=P(O)(O)OP(=O)(O)OP(=O)(O)OP(=O)(O)OP(=O)(O)[O][SbH2]. The molecule has 0 saturated heterocycles. The molecule has 22 heteroatoms. The second-order valence-electron chi connectivity index (χ2n) is 2.80. The Bertz CT molecular complexity index is 622. The van der Waals surface area contributed by atoms with Crippen molar-refractivity contribution in [2.24, 2.45) is 0 Å². The van der Waals surface area contributed by atoms with Crippen LogP contribution < -0.4 is 0 Å². The van der Waals surface area contributed by atoms with Gasteiger partial charge in [-0.25, -0.2) is 0 Å². The number of hydrogen-bond acceptors (Lipinski definition) is 10. The van der Waals surface area contributed by atoms with Crippen LogP contribution in [0.3, 0.4) is 0 Å². The zero-order valence-corrected chi connectivity index (χ0v) is 17.3. The Labute approximate surface area is 135 Å². The van der Waals surface area contributed by atoms with Crippen molar-refractivity contribution in [3.8, 4) is 0 Å². The van der Waals surface area contributed by atoms with E-state index in [0.717, 1.165) is 0 Å². The Balaban J connectivity index is 5.09. The van der Waals surface area contributed by atoms with Gasteiger partial charge in [-0.15, -0.1) is 0 Å². The first kappa shape index (κ1) is 23.5. The van der Waals surface area contributed by atoms with Gasteiger partial charge in [0.25, 0.3) is 0 Å². The normalized spacial score (nSPS) is 23.8. The van der Waals surface area contributed by atoms with Gasteiger partial charge >= 0.3 is 135 Å². The summed E-state index contributed by atoms with van der Waals surface area (Å²) in [5, 5.41) is 0. The van der Waals surface area contributed by atoms with Gasteiger partial charge in [-0.05, 0) is 0 Å². The fraction of sp³-hybridized carbons (Fsp3) is 0. The molecule has 4 unspecified atom stereocenters. The Morgan fingerprint density at radius 3 is 1.09 bits per heavy atom. The van der Waals surface area contributed by atoms with Gasteiger partial charge in [0.2, 0.25) is 0 Å². The maximum atomic E-state index is 11.1. The summed E-state index contributed by atoms with van der Waals surface area (Å²) in [6.07, 6.45) is 0. The monoisotopic (exact) mass is 540 g/mol. The van der Waals surface area contributed by atoms with Crippen LogP contribution in [0.25, 0.3) is 0 Å². The minimum absolute atomic E-state index is 0.394. The van der Waals surface area contributed by atoms with Gasteiger partial charge in [0.15, 0.2) is 0 Å². The summed E-state index contributed by atoms with van der Waals surface area (Å²) >= 11 is -0.394. The van der Waals surface area contributed by atoms with Crippen molar-refractivity contribution in [3.05, 3.63) is 0 Å². The maximum absolute atomic E-state index is 11.1. The zero-order chi connectivity index (χ0) is 18.0. The molecule has 0 aliphatic carbocycles. The first-order chi connectivity index (χ1) is 9.39. The first-order valence-electron chi connectivity index (χ1n) is 3.99. The van der Waals surface area contributed by atoms with Crippen molar-refractivity contribution < 1.29 is 72.2 Å². The van der Waals surface area contributed by atoms with Crippen molar-refractivity contribution in [1.82, 2.24) is 0 Å². The van der Waals surface area contributed by atoms with Crippen LogP contribution in [0.1, 0.15) is 0 Å². The molecular weight excluding hydrogens is 533 g/mol. The van der Waals surface area contributed by atoms with E-state index in [1.165, 1.54) is 0 Å². The summed E-state index contributed by atoms with van der Waals surface area (Å²) < 4.78 is 71.3. The molecule has 0 aliphatic heterocycles. The first-order valence-corrected chi connectivity index (χ1v) is 12.8. The zero-order valence-electron chi connectivity index (χ0n) is 9.58. The Hall–Kier alpha value is 1.53. The van der Waals surface area contributed by atoms with Crippen LogP contribution in [0.4, 0.5) is 0 Å². The third kappa shape index (κ3) is 11.1. The summed E-state index contributed by atoms with van der Waals surface area (Å²) in [6, 6.07) is 0. The molecule has 22 heavy (non-hydrogen) atoms. The van der Waals surface area contributed by atoms with E-state index in [0.29, 0.717) is 0 Å². The number of phosphoric acid groups is 5. The van der Waals surface area contributed by atoms with Crippen LogP contribution in [0.2, 0.25) is 0 Å². The fourth-order valence-corrected chi connectivity index (χ4v) is 7.10. The van der Waals surface area contributed by atoms with Gasteiger partial charge < -0.3 is 0 Å². The van der Waals surface area contributed by atoms with Crippen molar-refractivity contribution in [2.75, 3.05) is 0 Å². The second kappa shape index (κ2) is 7.83. The van der Waals surface area contributed by atoms with E-state index in [4.69, 9.17) is 29.4 Å². The molecule has 0 aromatic heterocycles. The van der Waals surface area contributed by atoms with E-state index in [-0.39, 0.29) is 0 Å². The van der Waals surface area contributed by atoms with E-state index in [9.17, 15) is 22.8 Å². The van der Waals surface area contributed by atoms with Gasteiger partial charge in [0.1, 0.15) is 0 Å². The molecule has 0 aromatic carbocycles. The third-order valence-electron chi connectivity index (χ3n) is 0.962. The Morgan fingerprint density at radius 2 is 0.818 bits per heavy atom. The van der Waals surface area contributed by atoms with Crippen molar-refractivity contribution in [3.63, 3.8) is 0 Å². The molecule has 0 bridgehead atoms. The fourth-order valence-electron chi connectivity index (χ4n) is 0.590.